The minimum Gasteiger partial charge on any atom is -0.369 e. The third-order valence-corrected chi connectivity index (χ3v) is 10.6. The molecule has 0 bridgehead atoms. The number of aromatic nitrogens is 1. The van der Waals surface area contributed by atoms with Gasteiger partial charge in [0.05, 0.1) is 33.8 Å². The van der Waals surface area contributed by atoms with Crippen LogP contribution >= 0.6 is 0 Å². The van der Waals surface area contributed by atoms with Gasteiger partial charge in [0.25, 0.3) is 0 Å². The molecule has 1 amide bonds. The number of ether oxygens (including phenoxy) is 2. The number of amides is 1. The molecule has 1 saturated carbocycles. The lowest BCUT2D eigenvalue weighted by Gasteiger charge is -2.64. The number of hydrogen-bond acceptors (Lipinski definition) is 5. The summed E-state index contributed by atoms with van der Waals surface area (Å²) in [4.78, 5) is 21.8. The zero-order valence-corrected chi connectivity index (χ0v) is 29.6. The molecule has 9 heteroatoms. The Hall–Kier alpha value is -1.71. The van der Waals surface area contributed by atoms with E-state index < -0.39 is 108 Å². The molecule has 0 N–H and O–H groups in total. The van der Waals surface area contributed by atoms with Crippen molar-refractivity contribution in [3.63, 3.8) is 0 Å². The molecule has 0 radical (unpaired) electrons. The molecule has 2 fully saturated rings. The lowest BCUT2D eigenvalue weighted by molar-refractivity contribution is -0.317. The van der Waals surface area contributed by atoms with Gasteiger partial charge in [0.2, 0.25) is 5.91 Å². The number of fused-ring (bicyclic) bond motifs is 1. The summed E-state index contributed by atoms with van der Waals surface area (Å²) in [5.74, 6) is -9.14. The van der Waals surface area contributed by atoms with Gasteiger partial charge in [-0.15, -0.1) is 0 Å². The van der Waals surface area contributed by atoms with Gasteiger partial charge in [-0.05, 0) is 118 Å². The normalized spacial score (nSPS) is 46.2. The average Bonchev–Trinajstić information content (AvgIpc) is 3.06. The molecule has 1 aliphatic carbocycles. The number of likely N-dealkylation sites (N-methyl/N-ethyl adjacent to an activating group) is 1. The van der Waals surface area contributed by atoms with Crippen LogP contribution in [0.5, 0.6) is 0 Å². The fraction of sp³-hybridized carbons (Fsp3) is 0.838. The van der Waals surface area contributed by atoms with Crippen molar-refractivity contribution in [3.8, 4) is 0 Å². The van der Waals surface area contributed by atoms with Gasteiger partial charge in [0.1, 0.15) is 5.60 Å². The van der Waals surface area contributed by atoms with Crippen molar-refractivity contribution in [1.29, 1.82) is 0 Å². The second-order valence-electron chi connectivity index (χ2n) is 15.0. The number of halogens is 3. The van der Waals surface area contributed by atoms with Gasteiger partial charge in [-0.2, -0.15) is 13.2 Å². The topological polar surface area (TPSA) is 54.9 Å². The Kier molecular flexibility index (Phi) is 6.16. The summed E-state index contributed by atoms with van der Waals surface area (Å²) in [6.07, 6.45) is -16.3. The minimum atomic E-state index is -4.87. The molecule has 4 rings (SSSR count). The summed E-state index contributed by atoms with van der Waals surface area (Å²) in [7, 11) is 1.25. The van der Waals surface area contributed by atoms with E-state index in [1.54, 1.807) is 55.4 Å². The molecule has 0 aromatic carbocycles. The second kappa shape index (κ2) is 12.0. The molecular formula is C37H60F3N3O3. The highest BCUT2D eigenvalue weighted by Crippen LogP contribution is 2.57. The number of nitrogens with zero attached hydrogens (tertiary/aromatic N) is 3. The van der Waals surface area contributed by atoms with Crippen molar-refractivity contribution in [2.45, 2.75) is 175 Å². The summed E-state index contributed by atoms with van der Waals surface area (Å²) in [5.41, 5.74) is -10.6. The number of pyridine rings is 1. The van der Waals surface area contributed by atoms with Crippen LogP contribution in [0.3, 0.4) is 0 Å². The number of rotatable bonds is 6. The second-order valence-corrected chi connectivity index (χ2v) is 15.0. The number of alkyl halides is 3. The van der Waals surface area contributed by atoms with Crippen LogP contribution < -0.4 is 0 Å². The van der Waals surface area contributed by atoms with Crippen LogP contribution in [-0.4, -0.2) is 68.2 Å². The lowest BCUT2D eigenvalue weighted by Crippen LogP contribution is -2.76. The van der Waals surface area contributed by atoms with Gasteiger partial charge >= 0.3 is 6.18 Å². The Morgan fingerprint density at radius 1 is 1.30 bits per heavy atom. The first-order chi connectivity index (χ1) is 25.4. The summed E-state index contributed by atoms with van der Waals surface area (Å²) in [6.45, 7) is 13.0. The van der Waals surface area contributed by atoms with Gasteiger partial charge in [0, 0.05) is 53.4 Å². The van der Waals surface area contributed by atoms with E-state index in [0.29, 0.717) is 13.1 Å². The monoisotopic (exact) mass is 664 g/mol. The molecule has 3 heterocycles. The van der Waals surface area contributed by atoms with E-state index in [0.717, 1.165) is 23.6 Å². The number of hydrogen-bond donors (Lipinski definition) is 0. The molecule has 8 atom stereocenters. The van der Waals surface area contributed by atoms with E-state index in [1.807, 2.05) is 0 Å². The minimum absolute atomic E-state index is 0.0239. The Bertz CT molecular complexity index is 1800. The number of carbonyl (C=O) groups excluding carboxylic acids is 1. The smallest absolute Gasteiger partial charge is 0.369 e. The molecule has 1 saturated heterocycles. The summed E-state index contributed by atoms with van der Waals surface area (Å²) < 4.78 is 169. The lowest BCUT2D eigenvalue weighted by atomic mass is 9.64. The van der Waals surface area contributed by atoms with Gasteiger partial charge in [-0.25, -0.2) is 0 Å². The molecule has 6 nitrogen and oxygen atoms in total. The van der Waals surface area contributed by atoms with E-state index >= 15 is 4.79 Å². The van der Waals surface area contributed by atoms with Crippen LogP contribution in [0.2, 0.25) is 0 Å². The van der Waals surface area contributed by atoms with Gasteiger partial charge in [0.15, 0.2) is 0 Å². The van der Waals surface area contributed by atoms with E-state index in [1.165, 1.54) is 14.0 Å². The zero-order valence-electron chi connectivity index (χ0n) is 41.6. The van der Waals surface area contributed by atoms with E-state index in [4.69, 9.17) is 16.3 Å². The summed E-state index contributed by atoms with van der Waals surface area (Å²) >= 11 is 0. The Balaban J connectivity index is 2.21. The van der Waals surface area contributed by atoms with Crippen molar-refractivity contribution >= 4 is 5.91 Å². The third-order valence-electron chi connectivity index (χ3n) is 10.6. The molecule has 1 aromatic heterocycles. The van der Waals surface area contributed by atoms with Crippen LogP contribution in [-0.2, 0) is 33.4 Å². The molecule has 46 heavy (non-hydrogen) atoms. The predicted octanol–water partition coefficient (Wildman–Crippen LogP) is 8.36. The predicted molar refractivity (Wildman–Crippen MR) is 176 cm³/mol. The highest BCUT2D eigenvalue weighted by atomic mass is 19.4. The SMILES string of the molecule is [2H]C([2H])([2H])C([2H])(C([2H])([2H])C)[C@]1(C(=O)N2Cc3c(ncc(C(F)(F)F)c3C)CC2C)C([2H])([2H])C([2H])([2H])[C@]([2H])(N(C)[C@@]2(C)CC(C)OC(C)(C)[C@@]2(C)OC(C)(C)C)C1([2H])C. The molecular weight excluding hydrogens is 591 g/mol. The molecule has 1 aromatic rings. The quantitative estimate of drug-likeness (QED) is 0.306. The first-order valence-electron chi connectivity index (χ1n) is 21.9. The van der Waals surface area contributed by atoms with Gasteiger partial charge in [-0.3, -0.25) is 14.7 Å². The standard InChI is InChI=1S/C37H60F3N3O3/c1-15-22(2)36(31(44)43-21-27-25(5)28(37(38,39)40)20-41-29(27)18-23(43)3)17-16-30(26(36)6)42(14)34(12)19-24(4)45-33(10,11)35(34,13)46-32(7,8)9/h20,22-24,26,30H,15-19,21H2,1-14H3/t22?,23?,24?,26?,30-,34-,35+,36+/m0/s1/i2D3,15D2,16D2,17D2,22D,26D,30D. The maximum atomic E-state index is 15.9. The van der Waals surface area contributed by atoms with Crippen LogP contribution in [0.25, 0.3) is 0 Å². The maximum Gasteiger partial charge on any atom is 0.418 e. The largest absolute Gasteiger partial charge is 0.418 e. The van der Waals surface area contributed by atoms with E-state index in [-0.39, 0.29) is 29.7 Å². The van der Waals surface area contributed by atoms with Crippen molar-refractivity contribution in [2.24, 2.45) is 17.2 Å². The first kappa shape index (κ1) is 23.6. The fourth-order valence-corrected chi connectivity index (χ4v) is 7.79. The molecule has 3 aliphatic rings. The molecule has 262 valence electrons. The summed E-state index contributed by atoms with van der Waals surface area (Å²) in [5, 5.41) is 0. The molecule has 0 spiro atoms. The van der Waals surface area contributed by atoms with Crippen LogP contribution in [0, 0.1) is 24.1 Å². The number of carbonyl (C=O) groups is 1. The van der Waals surface area contributed by atoms with E-state index in [2.05, 4.69) is 4.98 Å². The molecule has 4 unspecified atom stereocenters. The van der Waals surface area contributed by atoms with Gasteiger partial charge in [-0.1, -0.05) is 27.1 Å². The average molecular weight is 664 g/mol. The van der Waals surface area contributed by atoms with E-state index in [9.17, 15) is 22.8 Å². The van der Waals surface area contributed by atoms with Crippen LogP contribution in [0.1, 0.15) is 147 Å². The molecule has 2 aliphatic heterocycles. The Morgan fingerprint density at radius 2 is 1.93 bits per heavy atom. The fourth-order valence-electron chi connectivity index (χ4n) is 7.79. The highest BCUT2D eigenvalue weighted by Gasteiger charge is 2.66. The Morgan fingerprint density at radius 3 is 2.48 bits per heavy atom. The van der Waals surface area contributed by atoms with Crippen LogP contribution in [0.15, 0.2) is 6.20 Å². The van der Waals surface area contributed by atoms with Crippen molar-refractivity contribution in [1.82, 2.24) is 14.8 Å². The third kappa shape index (κ3) is 5.82. The first-order valence-corrected chi connectivity index (χ1v) is 15.9. The summed E-state index contributed by atoms with van der Waals surface area (Å²) in [6, 6.07) is -4.47. The van der Waals surface area contributed by atoms with Crippen molar-refractivity contribution in [3.05, 3.63) is 28.6 Å². The Labute approximate surface area is 293 Å². The highest BCUT2D eigenvalue weighted by molar-refractivity contribution is 5.84. The van der Waals surface area contributed by atoms with Gasteiger partial charge < -0.3 is 14.4 Å². The van der Waals surface area contributed by atoms with Crippen LogP contribution in [0.4, 0.5) is 13.2 Å². The van der Waals surface area contributed by atoms with Crippen molar-refractivity contribution in [2.75, 3.05) is 7.05 Å². The zero-order chi connectivity index (χ0) is 45.6. The van der Waals surface area contributed by atoms with Crippen molar-refractivity contribution < 1.29 is 43.9 Å². The maximum absolute atomic E-state index is 15.9.